The minimum atomic E-state index is -0.596. The van der Waals surface area contributed by atoms with Gasteiger partial charge in [0, 0.05) is 19.8 Å². The summed E-state index contributed by atoms with van der Waals surface area (Å²) in [6, 6.07) is 0. The predicted octanol–water partition coefficient (Wildman–Crippen LogP) is 0.142. The summed E-state index contributed by atoms with van der Waals surface area (Å²) < 4.78 is 2.65. The minimum absolute atomic E-state index is 0.150. The number of aliphatic imine (C=N–C) groups is 1. The van der Waals surface area contributed by atoms with Crippen molar-refractivity contribution in [1.29, 1.82) is 0 Å². The van der Waals surface area contributed by atoms with Crippen molar-refractivity contribution in [2.24, 2.45) is 19.1 Å². The quantitative estimate of drug-likeness (QED) is 0.625. The number of hydrogen-bond acceptors (Lipinski definition) is 3. The van der Waals surface area contributed by atoms with E-state index in [9.17, 15) is 9.59 Å². The van der Waals surface area contributed by atoms with Crippen molar-refractivity contribution in [3.05, 3.63) is 31.8 Å². The fraction of sp³-hybridized carbons (Fsp3) is 0.545. The molecule has 2 rings (SSSR count). The lowest BCUT2D eigenvalue weighted by molar-refractivity contribution is 0.495. The van der Waals surface area contributed by atoms with Crippen LogP contribution in [0, 0.1) is 0 Å². The molecule has 0 saturated heterocycles. The Kier molecular flexibility index (Phi) is 1.99. The van der Waals surface area contributed by atoms with Gasteiger partial charge in [0.05, 0.1) is 16.7 Å². The van der Waals surface area contributed by atoms with Crippen LogP contribution in [0.4, 0.5) is 0 Å². The zero-order valence-corrected chi connectivity index (χ0v) is 10.2. The molecule has 16 heavy (non-hydrogen) atoms. The van der Waals surface area contributed by atoms with Gasteiger partial charge in [0.15, 0.2) is 0 Å². The van der Waals surface area contributed by atoms with Crippen LogP contribution in [0.2, 0.25) is 0 Å². The second kappa shape index (κ2) is 2.93. The molecule has 0 unspecified atom stereocenters. The second-order valence-electron chi connectivity index (χ2n) is 4.66. The summed E-state index contributed by atoms with van der Waals surface area (Å²) in [5.41, 5.74) is 0.720. The van der Waals surface area contributed by atoms with Crippen molar-refractivity contribution in [3.63, 3.8) is 0 Å². The highest BCUT2D eigenvalue weighted by atomic mass is 16.2. The van der Waals surface area contributed by atoms with Gasteiger partial charge in [-0.25, -0.2) is 0 Å². The van der Waals surface area contributed by atoms with Gasteiger partial charge in [-0.3, -0.25) is 23.9 Å². The standard InChI is InChI=1S/C11H15N3O2/c1-6-7-8(11(2,3)12-6)10(16)14(5)13(4)9(7)15/h1-5H3. The Bertz CT molecular complexity index is 617. The summed E-state index contributed by atoms with van der Waals surface area (Å²) in [4.78, 5) is 28.6. The molecule has 1 aromatic heterocycles. The van der Waals surface area contributed by atoms with Crippen LogP contribution in [-0.2, 0) is 19.6 Å². The smallest absolute Gasteiger partial charge is 0.274 e. The van der Waals surface area contributed by atoms with E-state index >= 15 is 0 Å². The van der Waals surface area contributed by atoms with Crippen molar-refractivity contribution in [2.45, 2.75) is 26.3 Å². The fourth-order valence-corrected chi connectivity index (χ4v) is 2.24. The lowest BCUT2D eigenvalue weighted by Crippen LogP contribution is -2.41. The van der Waals surface area contributed by atoms with Crippen molar-refractivity contribution in [1.82, 2.24) is 9.36 Å². The summed E-state index contributed by atoms with van der Waals surface area (Å²) in [5.74, 6) is 0. The molecule has 1 aliphatic heterocycles. The Hall–Kier alpha value is -1.65. The molecular formula is C11H15N3O2. The first-order valence-electron chi connectivity index (χ1n) is 5.15. The topological polar surface area (TPSA) is 56.4 Å². The molecule has 0 spiro atoms. The molecule has 5 heteroatoms. The lowest BCUT2D eigenvalue weighted by atomic mass is 9.95. The van der Waals surface area contributed by atoms with Gasteiger partial charge in [0.25, 0.3) is 11.1 Å². The third kappa shape index (κ3) is 1.14. The maximum Gasteiger partial charge on any atom is 0.274 e. The lowest BCUT2D eigenvalue weighted by Gasteiger charge is -2.17. The van der Waals surface area contributed by atoms with E-state index in [0.717, 1.165) is 0 Å². The molecular weight excluding hydrogens is 206 g/mol. The number of aromatic nitrogens is 2. The number of rotatable bonds is 0. The molecule has 0 radical (unpaired) electrons. The van der Waals surface area contributed by atoms with E-state index in [2.05, 4.69) is 4.99 Å². The molecule has 0 amide bonds. The van der Waals surface area contributed by atoms with Crippen molar-refractivity contribution >= 4 is 5.71 Å². The van der Waals surface area contributed by atoms with Gasteiger partial charge >= 0.3 is 0 Å². The first-order valence-corrected chi connectivity index (χ1v) is 5.15. The third-order valence-corrected chi connectivity index (χ3v) is 3.14. The number of hydrogen-bond donors (Lipinski definition) is 0. The van der Waals surface area contributed by atoms with Crippen LogP contribution >= 0.6 is 0 Å². The van der Waals surface area contributed by atoms with Crippen molar-refractivity contribution in [2.75, 3.05) is 0 Å². The van der Waals surface area contributed by atoms with Gasteiger partial charge in [-0.2, -0.15) is 0 Å². The Morgan fingerprint density at radius 3 is 2.12 bits per heavy atom. The monoisotopic (exact) mass is 221 g/mol. The Balaban J connectivity index is 3.04. The van der Waals surface area contributed by atoms with Crippen LogP contribution < -0.4 is 11.1 Å². The minimum Gasteiger partial charge on any atom is -0.278 e. The highest BCUT2D eigenvalue weighted by Crippen LogP contribution is 2.30. The molecule has 5 nitrogen and oxygen atoms in total. The van der Waals surface area contributed by atoms with Crippen LogP contribution in [0.1, 0.15) is 31.9 Å². The highest BCUT2D eigenvalue weighted by Gasteiger charge is 2.36. The molecule has 0 saturated carbocycles. The first kappa shape index (κ1) is 10.9. The SMILES string of the molecule is CC1=NC(C)(C)c2c1c(=O)n(C)n(C)c2=O. The Morgan fingerprint density at radius 2 is 1.56 bits per heavy atom. The van der Waals surface area contributed by atoms with Gasteiger partial charge < -0.3 is 0 Å². The zero-order chi connectivity index (χ0) is 12.2. The van der Waals surface area contributed by atoms with Crippen molar-refractivity contribution in [3.8, 4) is 0 Å². The molecule has 0 N–H and O–H groups in total. The molecule has 0 fully saturated rings. The van der Waals surface area contributed by atoms with Crippen LogP contribution in [0.25, 0.3) is 0 Å². The summed E-state index contributed by atoms with van der Waals surface area (Å²) in [6.45, 7) is 5.47. The molecule has 0 aromatic carbocycles. The summed E-state index contributed by atoms with van der Waals surface area (Å²) >= 11 is 0. The van der Waals surface area contributed by atoms with Gasteiger partial charge in [0.1, 0.15) is 0 Å². The van der Waals surface area contributed by atoms with Gasteiger partial charge in [-0.1, -0.05) is 0 Å². The average molecular weight is 221 g/mol. The van der Waals surface area contributed by atoms with E-state index in [1.165, 1.54) is 9.36 Å². The van der Waals surface area contributed by atoms with Crippen LogP contribution in [0.3, 0.4) is 0 Å². The number of fused-ring (bicyclic) bond motifs is 1. The summed E-state index contributed by atoms with van der Waals surface area (Å²) in [7, 11) is 3.18. The summed E-state index contributed by atoms with van der Waals surface area (Å²) in [5, 5.41) is 0. The van der Waals surface area contributed by atoms with Gasteiger partial charge in [0.2, 0.25) is 0 Å². The second-order valence-corrected chi connectivity index (χ2v) is 4.66. The van der Waals surface area contributed by atoms with E-state index in [1.54, 1.807) is 21.0 Å². The predicted molar refractivity (Wildman–Crippen MR) is 62.2 cm³/mol. The maximum atomic E-state index is 12.1. The van der Waals surface area contributed by atoms with Gasteiger partial charge in [-0.05, 0) is 20.8 Å². The normalized spacial score (nSPS) is 17.2. The molecule has 86 valence electrons. The van der Waals surface area contributed by atoms with E-state index in [0.29, 0.717) is 16.8 Å². The molecule has 0 aliphatic carbocycles. The van der Waals surface area contributed by atoms with E-state index in [4.69, 9.17) is 0 Å². The average Bonchev–Trinajstić information content (AvgIpc) is 2.42. The highest BCUT2D eigenvalue weighted by molar-refractivity contribution is 6.02. The Morgan fingerprint density at radius 1 is 1.06 bits per heavy atom. The summed E-state index contributed by atoms with van der Waals surface area (Å²) in [6.07, 6.45) is 0. The molecule has 1 aromatic rings. The Labute approximate surface area is 93.0 Å². The van der Waals surface area contributed by atoms with Crippen LogP contribution in [0.15, 0.2) is 14.6 Å². The van der Waals surface area contributed by atoms with Crippen LogP contribution in [-0.4, -0.2) is 15.1 Å². The zero-order valence-electron chi connectivity index (χ0n) is 10.2. The van der Waals surface area contributed by atoms with E-state index in [-0.39, 0.29) is 11.1 Å². The van der Waals surface area contributed by atoms with Gasteiger partial charge in [-0.15, -0.1) is 0 Å². The molecule has 0 atom stereocenters. The molecule has 0 bridgehead atoms. The van der Waals surface area contributed by atoms with Crippen LogP contribution in [0.5, 0.6) is 0 Å². The molecule has 2 heterocycles. The molecule has 1 aliphatic rings. The third-order valence-electron chi connectivity index (χ3n) is 3.14. The van der Waals surface area contributed by atoms with E-state index < -0.39 is 5.54 Å². The fourth-order valence-electron chi connectivity index (χ4n) is 2.24. The first-order chi connectivity index (χ1) is 7.27. The number of nitrogens with zero attached hydrogens (tertiary/aromatic N) is 3. The van der Waals surface area contributed by atoms with Crippen molar-refractivity contribution < 1.29 is 0 Å². The van der Waals surface area contributed by atoms with E-state index in [1.807, 2.05) is 13.8 Å². The maximum absolute atomic E-state index is 12.1. The largest absolute Gasteiger partial charge is 0.278 e.